The molecule has 0 saturated heterocycles. The van der Waals surface area contributed by atoms with E-state index in [2.05, 4.69) is 0 Å². The summed E-state index contributed by atoms with van der Waals surface area (Å²) in [7, 11) is -3.77. The third-order valence-corrected chi connectivity index (χ3v) is 5.74. The van der Waals surface area contributed by atoms with Gasteiger partial charge < -0.3 is 0 Å². The van der Waals surface area contributed by atoms with E-state index in [1.165, 1.54) is 24.3 Å². The lowest BCUT2D eigenvalue weighted by atomic mass is 10.1. The lowest BCUT2D eigenvalue weighted by Gasteiger charge is -2.17. The SMILES string of the molecule is CC(C)=C[C@H](c1ccc(C(F)(F)F)cc1)S(=O)(=O)c1ccc(C)cc1. The summed E-state index contributed by atoms with van der Waals surface area (Å²) in [6.45, 7) is 5.35. The van der Waals surface area contributed by atoms with Crippen molar-refractivity contribution in [1.29, 1.82) is 0 Å². The molecular weight excluding hydrogens is 349 g/mol. The van der Waals surface area contributed by atoms with Crippen LogP contribution >= 0.6 is 0 Å². The van der Waals surface area contributed by atoms with Crippen LogP contribution in [-0.2, 0) is 16.0 Å². The predicted molar refractivity (Wildman–Crippen MR) is 92.0 cm³/mol. The lowest BCUT2D eigenvalue weighted by molar-refractivity contribution is -0.137. The minimum Gasteiger partial charge on any atom is -0.223 e. The highest BCUT2D eigenvalue weighted by atomic mass is 32.2. The number of hydrogen-bond donors (Lipinski definition) is 0. The van der Waals surface area contributed by atoms with Gasteiger partial charge in [-0.1, -0.05) is 41.5 Å². The van der Waals surface area contributed by atoms with Gasteiger partial charge in [-0.25, -0.2) is 8.42 Å². The zero-order valence-corrected chi connectivity index (χ0v) is 14.9. The van der Waals surface area contributed by atoms with E-state index in [1.807, 2.05) is 6.92 Å². The van der Waals surface area contributed by atoms with Gasteiger partial charge in [-0.3, -0.25) is 0 Å². The number of aryl methyl sites for hydroxylation is 1. The van der Waals surface area contributed by atoms with E-state index < -0.39 is 26.8 Å². The van der Waals surface area contributed by atoms with Crippen molar-refractivity contribution in [3.8, 4) is 0 Å². The average Bonchev–Trinajstić information content (AvgIpc) is 2.52. The van der Waals surface area contributed by atoms with Crippen molar-refractivity contribution in [2.24, 2.45) is 0 Å². The Labute approximate surface area is 145 Å². The molecule has 0 aromatic heterocycles. The van der Waals surface area contributed by atoms with Crippen molar-refractivity contribution in [2.45, 2.75) is 37.1 Å². The molecular formula is C19H19F3O2S. The first kappa shape index (κ1) is 19.2. The smallest absolute Gasteiger partial charge is 0.223 e. The average molecular weight is 368 g/mol. The molecule has 134 valence electrons. The number of rotatable bonds is 4. The second-order valence-electron chi connectivity index (χ2n) is 6.14. The maximum atomic E-state index is 13.0. The van der Waals surface area contributed by atoms with Crippen molar-refractivity contribution < 1.29 is 21.6 Å². The van der Waals surface area contributed by atoms with Crippen LogP contribution in [0.5, 0.6) is 0 Å². The lowest BCUT2D eigenvalue weighted by Crippen LogP contribution is -2.13. The Bertz CT molecular complexity index is 858. The van der Waals surface area contributed by atoms with Crippen LogP contribution in [0.4, 0.5) is 13.2 Å². The van der Waals surface area contributed by atoms with E-state index in [-0.39, 0.29) is 4.90 Å². The van der Waals surface area contributed by atoms with Gasteiger partial charge >= 0.3 is 6.18 Å². The molecule has 0 N–H and O–H groups in total. The highest BCUT2D eigenvalue weighted by Crippen LogP contribution is 2.34. The molecule has 0 amide bonds. The van der Waals surface area contributed by atoms with Gasteiger partial charge in [-0.2, -0.15) is 13.2 Å². The monoisotopic (exact) mass is 368 g/mol. The molecule has 6 heteroatoms. The van der Waals surface area contributed by atoms with Crippen LogP contribution in [0.25, 0.3) is 0 Å². The molecule has 0 fully saturated rings. The van der Waals surface area contributed by atoms with E-state index in [1.54, 1.807) is 32.1 Å². The Balaban J connectivity index is 2.53. The first-order chi connectivity index (χ1) is 11.5. The van der Waals surface area contributed by atoms with E-state index in [9.17, 15) is 21.6 Å². The second kappa shape index (κ2) is 7.04. The molecule has 0 aliphatic carbocycles. The Morgan fingerprint density at radius 3 is 1.92 bits per heavy atom. The summed E-state index contributed by atoms with van der Waals surface area (Å²) in [4.78, 5) is 0.139. The topological polar surface area (TPSA) is 34.1 Å². The summed E-state index contributed by atoms with van der Waals surface area (Å²) < 4.78 is 64.2. The van der Waals surface area contributed by atoms with Crippen LogP contribution in [0.15, 0.2) is 65.1 Å². The van der Waals surface area contributed by atoms with Gasteiger partial charge in [0, 0.05) is 0 Å². The number of sulfone groups is 1. The van der Waals surface area contributed by atoms with Crippen LogP contribution < -0.4 is 0 Å². The Hall–Kier alpha value is -2.08. The molecule has 2 rings (SSSR count). The fourth-order valence-corrected chi connectivity index (χ4v) is 4.18. The van der Waals surface area contributed by atoms with Crippen molar-refractivity contribution in [3.05, 3.63) is 76.9 Å². The largest absolute Gasteiger partial charge is 0.416 e. The molecule has 0 spiro atoms. The molecule has 0 aliphatic heterocycles. The Morgan fingerprint density at radius 2 is 1.48 bits per heavy atom. The van der Waals surface area contributed by atoms with Crippen LogP contribution in [0.2, 0.25) is 0 Å². The van der Waals surface area contributed by atoms with Gasteiger partial charge in [-0.15, -0.1) is 0 Å². The van der Waals surface area contributed by atoms with Crippen molar-refractivity contribution in [3.63, 3.8) is 0 Å². The minimum atomic E-state index is -4.46. The fraction of sp³-hybridized carbons (Fsp3) is 0.263. The van der Waals surface area contributed by atoms with Crippen LogP contribution in [-0.4, -0.2) is 8.42 Å². The Morgan fingerprint density at radius 1 is 0.960 bits per heavy atom. The third-order valence-electron chi connectivity index (χ3n) is 3.74. The van der Waals surface area contributed by atoms with E-state index >= 15 is 0 Å². The standard InChI is InChI=1S/C19H19F3O2S/c1-13(2)12-18(15-6-8-16(9-7-15)19(20,21)22)25(23,24)17-10-4-14(3)5-11-17/h4-12,18H,1-3H3/t18-/m1/s1. The van der Waals surface area contributed by atoms with Crippen molar-refractivity contribution in [2.75, 3.05) is 0 Å². The van der Waals surface area contributed by atoms with Gasteiger partial charge in [0.05, 0.1) is 10.5 Å². The maximum Gasteiger partial charge on any atom is 0.416 e. The summed E-state index contributed by atoms with van der Waals surface area (Å²) in [5.41, 5.74) is 1.18. The molecule has 2 aromatic rings. The maximum absolute atomic E-state index is 13.0. The molecule has 0 bridgehead atoms. The van der Waals surface area contributed by atoms with Crippen molar-refractivity contribution in [1.82, 2.24) is 0 Å². The molecule has 2 nitrogen and oxygen atoms in total. The quantitative estimate of drug-likeness (QED) is 0.668. The Kier molecular flexibility index (Phi) is 5.42. The zero-order chi connectivity index (χ0) is 18.8. The summed E-state index contributed by atoms with van der Waals surface area (Å²) in [6, 6.07) is 10.7. The molecule has 0 heterocycles. The highest BCUT2D eigenvalue weighted by molar-refractivity contribution is 7.91. The van der Waals surface area contributed by atoms with Gasteiger partial charge in [0.2, 0.25) is 0 Å². The van der Waals surface area contributed by atoms with E-state index in [4.69, 9.17) is 0 Å². The summed E-state index contributed by atoms with van der Waals surface area (Å²) in [5.74, 6) is 0. The molecule has 0 unspecified atom stereocenters. The van der Waals surface area contributed by atoms with Crippen LogP contribution in [0, 0.1) is 6.92 Å². The minimum absolute atomic E-state index is 0.139. The number of halogens is 3. The number of alkyl halides is 3. The molecule has 2 aromatic carbocycles. The highest BCUT2D eigenvalue weighted by Gasteiger charge is 2.32. The van der Waals surface area contributed by atoms with E-state index in [0.717, 1.165) is 23.3 Å². The van der Waals surface area contributed by atoms with Crippen molar-refractivity contribution >= 4 is 9.84 Å². The summed E-state index contributed by atoms with van der Waals surface area (Å²) >= 11 is 0. The molecule has 1 atom stereocenters. The number of allylic oxidation sites excluding steroid dienone is 1. The predicted octanol–water partition coefficient (Wildman–Crippen LogP) is 5.50. The van der Waals surface area contributed by atoms with Gasteiger partial charge in [0.1, 0.15) is 5.25 Å². The third kappa shape index (κ3) is 4.51. The second-order valence-corrected chi connectivity index (χ2v) is 8.21. The number of hydrogen-bond acceptors (Lipinski definition) is 2. The van der Waals surface area contributed by atoms with Crippen LogP contribution in [0.3, 0.4) is 0 Å². The van der Waals surface area contributed by atoms with Crippen LogP contribution in [0.1, 0.15) is 35.8 Å². The van der Waals surface area contributed by atoms with Gasteiger partial charge in [-0.05, 0) is 50.6 Å². The summed E-state index contributed by atoms with van der Waals surface area (Å²) in [6.07, 6.45) is -2.90. The normalized spacial score (nSPS) is 13.4. The fourth-order valence-electron chi connectivity index (χ4n) is 2.40. The zero-order valence-electron chi connectivity index (χ0n) is 14.1. The molecule has 0 radical (unpaired) electrons. The van der Waals surface area contributed by atoms with Gasteiger partial charge in [0.15, 0.2) is 9.84 Å². The molecule has 0 saturated carbocycles. The van der Waals surface area contributed by atoms with E-state index in [0.29, 0.717) is 5.56 Å². The molecule has 0 aliphatic rings. The first-order valence-corrected chi connectivity index (χ1v) is 9.19. The summed E-state index contributed by atoms with van der Waals surface area (Å²) in [5, 5.41) is -1.04. The molecule has 25 heavy (non-hydrogen) atoms. The van der Waals surface area contributed by atoms with Gasteiger partial charge in [0.25, 0.3) is 0 Å². The number of benzene rings is 2. The first-order valence-electron chi connectivity index (χ1n) is 7.64.